The minimum absolute atomic E-state index is 0.206. The van der Waals surface area contributed by atoms with Crippen LogP contribution in [0.25, 0.3) is 0 Å². The molecule has 1 saturated carbocycles. The van der Waals surface area contributed by atoms with E-state index in [4.69, 9.17) is 0 Å². The first-order chi connectivity index (χ1) is 5.41. The normalized spacial score (nSPS) is 32.2. The van der Waals surface area contributed by atoms with Crippen molar-refractivity contribution in [2.24, 2.45) is 5.92 Å². The molecule has 0 aromatic heterocycles. The maximum Gasteiger partial charge on any atom is 0.0751 e. The number of aliphatic hydroxyl groups excluding tert-OH is 1. The Morgan fingerprint density at radius 3 is 2.50 bits per heavy atom. The van der Waals surface area contributed by atoms with Crippen LogP contribution in [-0.4, -0.2) is 21.9 Å². The van der Waals surface area contributed by atoms with Gasteiger partial charge in [0.05, 0.1) is 11.7 Å². The van der Waals surface area contributed by atoms with Crippen LogP contribution < -0.4 is 0 Å². The second-order valence-corrected chi connectivity index (χ2v) is 4.30. The van der Waals surface area contributed by atoms with E-state index >= 15 is 0 Å². The molecule has 1 aliphatic rings. The molecule has 0 heterocycles. The van der Waals surface area contributed by atoms with E-state index in [1.807, 2.05) is 0 Å². The zero-order valence-electron chi connectivity index (χ0n) is 7.88. The number of hydrogen-bond donors (Lipinski definition) is 2. The van der Waals surface area contributed by atoms with Crippen LogP contribution >= 0.6 is 0 Å². The molecule has 1 aliphatic carbocycles. The molecule has 0 bridgehead atoms. The summed E-state index contributed by atoms with van der Waals surface area (Å²) in [6, 6.07) is 0. The first-order valence-corrected chi connectivity index (χ1v) is 4.49. The Balaban J connectivity index is 2.57. The van der Waals surface area contributed by atoms with Gasteiger partial charge in [-0.3, -0.25) is 0 Å². The van der Waals surface area contributed by atoms with E-state index in [0.717, 1.165) is 18.4 Å². The van der Waals surface area contributed by atoms with Crippen molar-refractivity contribution in [3.05, 3.63) is 12.2 Å². The molecule has 2 unspecified atom stereocenters. The number of rotatable bonds is 1. The second-order valence-electron chi connectivity index (χ2n) is 4.30. The summed E-state index contributed by atoms with van der Waals surface area (Å²) in [4.78, 5) is 0. The zero-order chi connectivity index (χ0) is 9.35. The molecular weight excluding hydrogens is 152 g/mol. The molecule has 0 radical (unpaired) electrons. The Bertz CT molecular complexity index is 179. The lowest BCUT2D eigenvalue weighted by atomic mass is 9.76. The quantitative estimate of drug-likeness (QED) is 0.585. The fourth-order valence-electron chi connectivity index (χ4n) is 1.72. The molecule has 2 atom stereocenters. The van der Waals surface area contributed by atoms with Crippen LogP contribution in [0.1, 0.15) is 33.1 Å². The fourth-order valence-corrected chi connectivity index (χ4v) is 1.72. The van der Waals surface area contributed by atoms with Gasteiger partial charge in [-0.1, -0.05) is 6.58 Å². The summed E-state index contributed by atoms with van der Waals surface area (Å²) in [5.74, 6) is 0.206. The lowest BCUT2D eigenvalue weighted by Crippen LogP contribution is -2.36. The Morgan fingerprint density at radius 1 is 1.50 bits per heavy atom. The van der Waals surface area contributed by atoms with Crippen molar-refractivity contribution in [3.63, 3.8) is 0 Å². The van der Waals surface area contributed by atoms with Gasteiger partial charge >= 0.3 is 0 Å². The third-order valence-electron chi connectivity index (χ3n) is 2.79. The summed E-state index contributed by atoms with van der Waals surface area (Å²) in [5.41, 5.74) is 0.248. The van der Waals surface area contributed by atoms with Crippen LogP contribution in [0.3, 0.4) is 0 Å². The number of aliphatic hydroxyl groups is 2. The average Bonchev–Trinajstić information content (AvgIpc) is 1.92. The highest BCUT2D eigenvalue weighted by molar-refractivity contribution is 5.07. The molecule has 0 spiro atoms. The van der Waals surface area contributed by atoms with Crippen molar-refractivity contribution < 1.29 is 10.2 Å². The summed E-state index contributed by atoms with van der Waals surface area (Å²) in [6.07, 6.45) is 2.03. The molecule has 1 fully saturated rings. The van der Waals surface area contributed by atoms with Crippen molar-refractivity contribution in [3.8, 4) is 0 Å². The Labute approximate surface area is 73.9 Å². The maximum atomic E-state index is 9.71. The molecule has 12 heavy (non-hydrogen) atoms. The Hall–Kier alpha value is -0.340. The summed E-state index contributed by atoms with van der Waals surface area (Å²) < 4.78 is 0. The van der Waals surface area contributed by atoms with Gasteiger partial charge in [0, 0.05) is 0 Å². The molecule has 0 amide bonds. The third-order valence-corrected chi connectivity index (χ3v) is 2.79. The van der Waals surface area contributed by atoms with E-state index in [1.165, 1.54) is 0 Å². The summed E-state index contributed by atoms with van der Waals surface area (Å²) >= 11 is 0. The minimum atomic E-state index is -0.665. The molecular formula is C10H18O2. The molecule has 0 aromatic rings. The highest BCUT2D eigenvalue weighted by atomic mass is 16.3. The zero-order valence-corrected chi connectivity index (χ0v) is 7.88. The van der Waals surface area contributed by atoms with Crippen molar-refractivity contribution >= 4 is 0 Å². The summed E-state index contributed by atoms with van der Waals surface area (Å²) in [5, 5.41) is 19.2. The molecule has 2 N–H and O–H groups in total. The van der Waals surface area contributed by atoms with E-state index < -0.39 is 11.7 Å². The van der Waals surface area contributed by atoms with Gasteiger partial charge in [0.2, 0.25) is 0 Å². The highest BCUT2D eigenvalue weighted by Crippen LogP contribution is 2.34. The van der Waals surface area contributed by atoms with Crippen molar-refractivity contribution in [1.29, 1.82) is 0 Å². The maximum absolute atomic E-state index is 9.71. The Kier molecular flexibility index (Phi) is 2.59. The van der Waals surface area contributed by atoms with E-state index in [9.17, 15) is 10.2 Å². The smallest absolute Gasteiger partial charge is 0.0751 e. The first kappa shape index (κ1) is 9.75. The van der Waals surface area contributed by atoms with E-state index in [-0.39, 0.29) is 5.92 Å². The molecule has 1 rings (SSSR count). The standard InChI is InChI=1S/C10H18O2/c1-7-4-5-8(6-9(7)11)10(2,3)12/h8-9,11-12H,1,4-6H2,2-3H3. The van der Waals surface area contributed by atoms with Crippen LogP contribution in [0, 0.1) is 5.92 Å². The molecule has 70 valence electrons. The van der Waals surface area contributed by atoms with Gasteiger partial charge in [-0.05, 0) is 44.6 Å². The van der Waals surface area contributed by atoms with Crippen molar-refractivity contribution in [2.75, 3.05) is 0 Å². The second kappa shape index (κ2) is 3.19. The van der Waals surface area contributed by atoms with E-state index in [2.05, 4.69) is 6.58 Å². The largest absolute Gasteiger partial charge is 0.390 e. The van der Waals surface area contributed by atoms with Gasteiger partial charge in [-0.2, -0.15) is 0 Å². The van der Waals surface area contributed by atoms with Gasteiger partial charge in [-0.15, -0.1) is 0 Å². The van der Waals surface area contributed by atoms with Crippen molar-refractivity contribution in [2.45, 2.75) is 44.8 Å². The summed E-state index contributed by atoms with van der Waals surface area (Å²) in [7, 11) is 0. The summed E-state index contributed by atoms with van der Waals surface area (Å²) in [6.45, 7) is 7.39. The topological polar surface area (TPSA) is 40.5 Å². The highest BCUT2D eigenvalue weighted by Gasteiger charge is 2.32. The average molecular weight is 170 g/mol. The van der Waals surface area contributed by atoms with E-state index in [1.54, 1.807) is 13.8 Å². The number of hydrogen-bond acceptors (Lipinski definition) is 2. The van der Waals surface area contributed by atoms with Crippen LogP contribution in [-0.2, 0) is 0 Å². The molecule has 0 saturated heterocycles. The van der Waals surface area contributed by atoms with Gasteiger partial charge in [0.25, 0.3) is 0 Å². The van der Waals surface area contributed by atoms with Crippen LogP contribution in [0.15, 0.2) is 12.2 Å². The van der Waals surface area contributed by atoms with Gasteiger partial charge in [0.1, 0.15) is 0 Å². The lowest BCUT2D eigenvalue weighted by Gasteiger charge is -2.35. The van der Waals surface area contributed by atoms with Crippen molar-refractivity contribution in [1.82, 2.24) is 0 Å². The predicted molar refractivity (Wildman–Crippen MR) is 48.8 cm³/mol. The minimum Gasteiger partial charge on any atom is -0.390 e. The molecule has 2 nitrogen and oxygen atoms in total. The third kappa shape index (κ3) is 2.08. The van der Waals surface area contributed by atoms with Crippen LogP contribution in [0.2, 0.25) is 0 Å². The molecule has 2 heteroatoms. The van der Waals surface area contributed by atoms with Crippen LogP contribution in [0.5, 0.6) is 0 Å². The Morgan fingerprint density at radius 2 is 2.08 bits per heavy atom. The first-order valence-electron chi connectivity index (χ1n) is 4.49. The predicted octanol–water partition coefficient (Wildman–Crippen LogP) is 1.47. The lowest BCUT2D eigenvalue weighted by molar-refractivity contribution is -0.0154. The van der Waals surface area contributed by atoms with Gasteiger partial charge < -0.3 is 10.2 Å². The van der Waals surface area contributed by atoms with Crippen LogP contribution in [0.4, 0.5) is 0 Å². The van der Waals surface area contributed by atoms with Gasteiger partial charge in [0.15, 0.2) is 0 Å². The van der Waals surface area contributed by atoms with Gasteiger partial charge in [-0.25, -0.2) is 0 Å². The monoisotopic (exact) mass is 170 g/mol. The fraction of sp³-hybridized carbons (Fsp3) is 0.800. The van der Waals surface area contributed by atoms with E-state index in [0.29, 0.717) is 6.42 Å². The molecule has 0 aliphatic heterocycles. The molecule has 0 aromatic carbocycles. The SMILES string of the molecule is C=C1CCC(C(C)(C)O)CC1O.